The van der Waals surface area contributed by atoms with Crippen LogP contribution < -0.4 is 10.3 Å². The fraction of sp³-hybridized carbons (Fsp3) is 0.357. The molecular formula is C14H6ClF8IN4O2S. The minimum atomic E-state index is -5.05. The number of hydrogen-bond acceptors (Lipinski definition) is 5. The number of aromatic nitrogens is 4. The van der Waals surface area contributed by atoms with E-state index >= 15 is 0 Å². The second kappa shape index (κ2) is 8.02. The van der Waals surface area contributed by atoms with Crippen molar-refractivity contribution in [2.24, 2.45) is 0 Å². The molecule has 0 unspecified atom stereocenters. The largest absolute Gasteiger partial charge is 0.470 e. The van der Waals surface area contributed by atoms with E-state index in [0.717, 1.165) is 0 Å². The van der Waals surface area contributed by atoms with E-state index in [0.29, 0.717) is 43.8 Å². The highest BCUT2D eigenvalue weighted by Crippen LogP contribution is 2.42. The first-order chi connectivity index (χ1) is 14.1. The van der Waals surface area contributed by atoms with Gasteiger partial charge in [0.1, 0.15) is 5.15 Å². The summed E-state index contributed by atoms with van der Waals surface area (Å²) in [7, 11) is 0. The van der Waals surface area contributed by atoms with Crippen molar-refractivity contribution >= 4 is 50.5 Å². The summed E-state index contributed by atoms with van der Waals surface area (Å²) in [6, 6.07) is 1.23. The highest BCUT2D eigenvalue weighted by Gasteiger charge is 2.40. The zero-order valence-electron chi connectivity index (χ0n) is 14.4. The van der Waals surface area contributed by atoms with Gasteiger partial charge in [-0.25, -0.2) is 14.1 Å². The third-order valence-corrected chi connectivity index (χ3v) is 5.18. The average molecular weight is 609 g/mol. The number of hydrogen-bond donors (Lipinski definition) is 0. The average Bonchev–Trinajstić information content (AvgIpc) is 3.13. The van der Waals surface area contributed by atoms with E-state index in [1.165, 1.54) is 0 Å². The molecule has 6 nitrogen and oxygen atoms in total. The molecule has 3 rings (SSSR count). The lowest BCUT2D eigenvalue weighted by atomic mass is 10.4. The summed E-state index contributed by atoms with van der Waals surface area (Å²) >= 11 is 6.28. The van der Waals surface area contributed by atoms with Gasteiger partial charge >= 0.3 is 16.3 Å². The molecule has 0 saturated carbocycles. The van der Waals surface area contributed by atoms with E-state index < -0.39 is 61.6 Å². The van der Waals surface area contributed by atoms with Crippen molar-refractivity contribution in [1.82, 2.24) is 19.2 Å². The van der Waals surface area contributed by atoms with Gasteiger partial charge < -0.3 is 4.74 Å². The Bertz CT molecular complexity index is 1180. The lowest BCUT2D eigenvalue weighted by Crippen LogP contribution is -2.22. The van der Waals surface area contributed by atoms with E-state index in [9.17, 15) is 39.9 Å². The molecule has 0 fully saturated rings. The number of alkyl halides is 9. The molecule has 170 valence electrons. The van der Waals surface area contributed by atoms with Gasteiger partial charge in [-0.2, -0.15) is 40.2 Å². The quantitative estimate of drug-likeness (QED) is 0.230. The Balaban J connectivity index is 2.06. The van der Waals surface area contributed by atoms with E-state index in [-0.39, 0.29) is 17.0 Å². The Morgan fingerprint density at radius 1 is 1.10 bits per heavy atom. The highest BCUT2D eigenvalue weighted by molar-refractivity contribution is 14.1. The summed E-state index contributed by atoms with van der Waals surface area (Å²) < 4.78 is 106. The van der Waals surface area contributed by atoms with Gasteiger partial charge in [-0.3, -0.25) is 4.79 Å². The molecule has 3 aromatic rings. The van der Waals surface area contributed by atoms with Crippen molar-refractivity contribution < 1.29 is 39.9 Å². The molecule has 0 aliphatic carbocycles. The lowest BCUT2D eigenvalue weighted by molar-refractivity contribution is -0.141. The zero-order valence-corrected chi connectivity index (χ0v) is 18.1. The number of rotatable bonds is 5. The monoisotopic (exact) mass is 608 g/mol. The van der Waals surface area contributed by atoms with Crippen LogP contribution in [0.25, 0.3) is 4.96 Å². The minimum absolute atomic E-state index is 0.0542. The van der Waals surface area contributed by atoms with E-state index in [1.807, 2.05) is 0 Å². The van der Waals surface area contributed by atoms with Crippen molar-refractivity contribution in [2.75, 3.05) is 6.61 Å². The van der Waals surface area contributed by atoms with Gasteiger partial charge in [0, 0.05) is 34.7 Å². The molecule has 31 heavy (non-hydrogen) atoms. The molecule has 0 aromatic carbocycles. The van der Waals surface area contributed by atoms with Crippen LogP contribution in [-0.4, -0.2) is 29.7 Å². The Morgan fingerprint density at radius 2 is 1.74 bits per heavy atom. The van der Waals surface area contributed by atoms with Gasteiger partial charge in [0.25, 0.3) is 5.56 Å². The standard InChI is InChI=1S/C14H6ClF8IN4O2S/c15-7-2-6(13(18,19)20)26-27(7)3-5-1-8(29)28-10(30-4-12(16,17)24)9(14(21,22)23)31-11(28)25-5/h1-2H,3-4H2. The third kappa shape index (κ3) is 5.39. The summed E-state index contributed by atoms with van der Waals surface area (Å²) in [6.07, 6.45) is -9.85. The number of thiazole rings is 1. The summed E-state index contributed by atoms with van der Waals surface area (Å²) in [5, 5.41) is 2.78. The van der Waals surface area contributed by atoms with Crippen LogP contribution in [0, 0.1) is 0 Å². The smallest absolute Gasteiger partial charge is 0.435 e. The first kappa shape index (κ1) is 24.0. The number of halogens is 10. The van der Waals surface area contributed by atoms with Crippen LogP contribution >= 0.6 is 45.5 Å². The molecule has 0 aliphatic rings. The molecule has 3 aromatic heterocycles. The van der Waals surface area contributed by atoms with Crippen molar-refractivity contribution in [3.8, 4) is 5.88 Å². The molecule has 0 N–H and O–H groups in total. The van der Waals surface area contributed by atoms with Crippen LogP contribution in [0.3, 0.4) is 0 Å². The molecule has 0 saturated heterocycles. The van der Waals surface area contributed by atoms with Gasteiger partial charge in [-0.1, -0.05) is 22.9 Å². The first-order valence-corrected chi connectivity index (χ1v) is 9.96. The van der Waals surface area contributed by atoms with Crippen molar-refractivity contribution in [2.45, 2.75) is 22.8 Å². The Kier molecular flexibility index (Phi) is 6.20. The molecule has 0 radical (unpaired) electrons. The van der Waals surface area contributed by atoms with Gasteiger partial charge in [0.15, 0.2) is 22.1 Å². The Hall–Kier alpha value is -1.69. The molecule has 3 heterocycles. The number of ether oxygens (including phenoxy) is 1. The second-order valence-corrected chi connectivity index (χ2v) is 8.79. The van der Waals surface area contributed by atoms with E-state index in [2.05, 4.69) is 14.8 Å². The predicted octanol–water partition coefficient (Wildman–Crippen LogP) is 5.10. The Morgan fingerprint density at radius 3 is 2.26 bits per heavy atom. The predicted molar refractivity (Wildman–Crippen MR) is 100 cm³/mol. The maximum Gasteiger partial charge on any atom is 0.435 e. The summed E-state index contributed by atoms with van der Waals surface area (Å²) in [4.78, 5) is 14.1. The Labute approximate surface area is 188 Å². The molecule has 0 atom stereocenters. The summed E-state index contributed by atoms with van der Waals surface area (Å²) in [5.41, 5.74) is -2.71. The fourth-order valence-electron chi connectivity index (χ4n) is 2.34. The summed E-state index contributed by atoms with van der Waals surface area (Å²) in [6.45, 7) is -2.01. The fourth-order valence-corrected chi connectivity index (χ4v) is 3.66. The van der Waals surface area contributed by atoms with Gasteiger partial charge in [-0.15, -0.1) is 0 Å². The SMILES string of the molecule is O=c1cc(Cn2nc(C(F)(F)F)cc2Cl)nc2sc(C(F)(F)F)c(OCC(F)(F)I)n12. The first-order valence-electron chi connectivity index (χ1n) is 7.69. The normalized spacial score (nSPS) is 13.2. The van der Waals surface area contributed by atoms with Crippen molar-refractivity contribution in [3.63, 3.8) is 0 Å². The zero-order chi connectivity index (χ0) is 23.4. The number of fused-ring (bicyclic) bond motifs is 1. The lowest BCUT2D eigenvalue weighted by Gasteiger charge is -2.12. The van der Waals surface area contributed by atoms with E-state index in [4.69, 9.17) is 11.6 Å². The maximum atomic E-state index is 13.3. The van der Waals surface area contributed by atoms with Gasteiger partial charge in [0.2, 0.25) is 5.88 Å². The van der Waals surface area contributed by atoms with Gasteiger partial charge in [0.05, 0.1) is 12.2 Å². The van der Waals surface area contributed by atoms with Crippen molar-refractivity contribution in [1.29, 1.82) is 0 Å². The van der Waals surface area contributed by atoms with Crippen molar-refractivity contribution in [3.05, 3.63) is 43.9 Å². The molecule has 17 heteroatoms. The molecule has 0 bridgehead atoms. The second-order valence-electron chi connectivity index (χ2n) is 5.85. The minimum Gasteiger partial charge on any atom is -0.470 e. The molecular weight excluding hydrogens is 603 g/mol. The van der Waals surface area contributed by atoms with Crippen LogP contribution in [0.1, 0.15) is 16.3 Å². The van der Waals surface area contributed by atoms with Crippen LogP contribution in [0.2, 0.25) is 5.15 Å². The molecule has 0 aliphatic heterocycles. The molecule has 0 amide bonds. The third-order valence-electron chi connectivity index (χ3n) is 3.49. The number of nitrogens with zero attached hydrogens (tertiary/aromatic N) is 4. The van der Waals surface area contributed by atoms with Crippen LogP contribution in [0.4, 0.5) is 35.1 Å². The summed E-state index contributed by atoms with van der Waals surface area (Å²) in [5.74, 6) is -1.16. The van der Waals surface area contributed by atoms with E-state index in [1.54, 1.807) is 0 Å². The maximum absolute atomic E-state index is 13.3. The van der Waals surface area contributed by atoms with Crippen LogP contribution in [0.5, 0.6) is 5.88 Å². The topological polar surface area (TPSA) is 61.4 Å². The van der Waals surface area contributed by atoms with Crippen LogP contribution in [0.15, 0.2) is 16.9 Å². The highest BCUT2D eigenvalue weighted by atomic mass is 127. The van der Waals surface area contributed by atoms with Gasteiger partial charge in [-0.05, 0) is 0 Å². The molecule has 0 spiro atoms. The van der Waals surface area contributed by atoms with Crippen LogP contribution in [-0.2, 0) is 18.9 Å².